The molecule has 2 aromatic carbocycles. The molecule has 2 N–H and O–H groups in total. The van der Waals surface area contributed by atoms with E-state index in [1.165, 1.54) is 18.7 Å². The molecule has 2 heterocycles. The molecular formula is C25H28ClNO6. The van der Waals surface area contributed by atoms with Crippen LogP contribution in [-0.2, 0) is 11.2 Å². The molecule has 4 rings (SSSR count). The second-order valence-corrected chi connectivity index (χ2v) is 9.00. The van der Waals surface area contributed by atoms with Gasteiger partial charge in [0.25, 0.3) is 0 Å². The Labute approximate surface area is 198 Å². The van der Waals surface area contributed by atoms with Crippen molar-refractivity contribution in [3.8, 4) is 17.2 Å². The van der Waals surface area contributed by atoms with Gasteiger partial charge >= 0.3 is 5.97 Å². The number of rotatable bonds is 8. The van der Waals surface area contributed by atoms with Crippen LogP contribution in [0.4, 0.5) is 0 Å². The van der Waals surface area contributed by atoms with Crippen LogP contribution in [0.25, 0.3) is 6.08 Å². The zero-order chi connectivity index (χ0) is 23.4. The van der Waals surface area contributed by atoms with E-state index < -0.39 is 12.1 Å². The highest BCUT2D eigenvalue weighted by atomic mass is 35.5. The fraction of sp³-hybridized carbons (Fsp3) is 0.400. The lowest BCUT2D eigenvalue weighted by atomic mass is 9.87. The van der Waals surface area contributed by atoms with Crippen LogP contribution in [0.5, 0.6) is 17.2 Å². The van der Waals surface area contributed by atoms with Gasteiger partial charge < -0.3 is 29.3 Å². The zero-order valence-electron chi connectivity index (χ0n) is 18.5. The Hall–Kier alpha value is -2.74. The molecule has 2 aliphatic rings. The number of aliphatic carboxylic acids is 1. The summed E-state index contributed by atoms with van der Waals surface area (Å²) in [4.78, 5) is 12.9. The molecule has 2 aromatic rings. The minimum atomic E-state index is -1.02. The number of carboxylic acids is 1. The number of hydrogen-bond acceptors (Lipinski definition) is 6. The summed E-state index contributed by atoms with van der Waals surface area (Å²) in [6.45, 7) is 2.32. The number of β-amino-alcohol motifs (C(OH)–C–C–N with tert-alkyl or cyclic N) is 1. The maximum atomic E-state index is 10.7. The highest BCUT2D eigenvalue weighted by Crippen LogP contribution is 2.42. The second-order valence-electron chi connectivity index (χ2n) is 8.56. The number of carbonyl (C=O) groups is 1. The number of benzene rings is 2. The maximum Gasteiger partial charge on any atom is 0.328 e. The quantitative estimate of drug-likeness (QED) is 0.565. The van der Waals surface area contributed by atoms with Crippen LogP contribution in [0.1, 0.15) is 24.0 Å². The number of hydrogen-bond donors (Lipinski definition) is 2. The molecule has 1 fully saturated rings. The summed E-state index contributed by atoms with van der Waals surface area (Å²) >= 11 is 6.12. The zero-order valence-corrected chi connectivity index (χ0v) is 19.3. The Morgan fingerprint density at radius 1 is 1.24 bits per heavy atom. The van der Waals surface area contributed by atoms with Gasteiger partial charge in [-0.15, -0.1) is 0 Å². The first-order valence-electron chi connectivity index (χ1n) is 11.0. The van der Waals surface area contributed by atoms with E-state index in [1.54, 1.807) is 18.2 Å². The van der Waals surface area contributed by atoms with Crippen LogP contribution in [0.3, 0.4) is 0 Å². The number of piperidine rings is 1. The first-order valence-corrected chi connectivity index (χ1v) is 11.3. The molecule has 2 aliphatic heterocycles. The van der Waals surface area contributed by atoms with E-state index in [1.807, 2.05) is 18.2 Å². The number of aliphatic hydroxyl groups is 1. The SMILES string of the molecule is COc1cc(C=CC(=O)O)ccc1OC[C@@H](O)CN1CCC2(CC1)Cc1cc(Cl)ccc1O2. The van der Waals surface area contributed by atoms with E-state index in [4.69, 9.17) is 30.9 Å². The van der Waals surface area contributed by atoms with Gasteiger partial charge in [0.05, 0.1) is 7.11 Å². The maximum absolute atomic E-state index is 10.7. The normalized spacial score (nSPS) is 18.2. The Kier molecular flexibility index (Phi) is 7.12. The predicted octanol–water partition coefficient (Wildman–Crippen LogP) is 3.66. The fourth-order valence-corrected chi connectivity index (χ4v) is 4.63. The van der Waals surface area contributed by atoms with Crippen molar-refractivity contribution in [2.24, 2.45) is 0 Å². The van der Waals surface area contributed by atoms with Gasteiger partial charge in [0.15, 0.2) is 11.5 Å². The molecule has 0 saturated carbocycles. The summed E-state index contributed by atoms with van der Waals surface area (Å²) in [5, 5.41) is 20.0. The molecule has 1 saturated heterocycles. The number of methoxy groups -OCH3 is 1. The summed E-state index contributed by atoms with van der Waals surface area (Å²) in [7, 11) is 1.52. The molecule has 33 heavy (non-hydrogen) atoms. The number of likely N-dealkylation sites (tertiary alicyclic amines) is 1. The van der Waals surface area contributed by atoms with E-state index in [0.717, 1.165) is 49.2 Å². The van der Waals surface area contributed by atoms with E-state index in [2.05, 4.69) is 4.90 Å². The second kappa shape index (κ2) is 10.0. The van der Waals surface area contributed by atoms with Crippen LogP contribution in [0.2, 0.25) is 5.02 Å². The summed E-state index contributed by atoms with van der Waals surface area (Å²) in [6, 6.07) is 10.9. The molecule has 7 nitrogen and oxygen atoms in total. The number of ether oxygens (including phenoxy) is 3. The Balaban J connectivity index is 1.26. The molecule has 8 heteroatoms. The minimum Gasteiger partial charge on any atom is -0.493 e. The van der Waals surface area contributed by atoms with Crippen LogP contribution < -0.4 is 14.2 Å². The van der Waals surface area contributed by atoms with Crippen molar-refractivity contribution in [2.75, 3.05) is 33.4 Å². The van der Waals surface area contributed by atoms with Crippen molar-refractivity contribution in [3.05, 3.63) is 58.6 Å². The molecule has 0 amide bonds. The Morgan fingerprint density at radius 2 is 2.03 bits per heavy atom. The van der Waals surface area contributed by atoms with Crippen LogP contribution >= 0.6 is 11.6 Å². The number of aliphatic hydroxyl groups excluding tert-OH is 1. The molecule has 1 atom stereocenters. The van der Waals surface area contributed by atoms with Crippen LogP contribution in [-0.4, -0.2) is 66.1 Å². The standard InChI is InChI=1S/C25H28ClNO6/c1-31-23-12-17(3-7-24(29)30)2-5-22(23)32-16-20(28)15-27-10-8-25(9-11-27)14-18-13-19(26)4-6-21(18)33-25/h2-7,12-13,20,28H,8-11,14-16H2,1H3,(H,29,30)/t20-/m0/s1. The monoisotopic (exact) mass is 473 g/mol. The third kappa shape index (κ3) is 5.79. The number of halogens is 1. The molecule has 176 valence electrons. The molecule has 0 radical (unpaired) electrons. The van der Waals surface area contributed by atoms with Gasteiger partial charge in [-0.05, 0) is 47.5 Å². The van der Waals surface area contributed by atoms with E-state index >= 15 is 0 Å². The van der Waals surface area contributed by atoms with Gasteiger partial charge in [0.2, 0.25) is 0 Å². The predicted molar refractivity (Wildman–Crippen MR) is 125 cm³/mol. The van der Waals surface area contributed by atoms with Gasteiger partial charge in [-0.1, -0.05) is 17.7 Å². The summed E-state index contributed by atoms with van der Waals surface area (Å²) in [5.41, 5.74) is 1.68. The van der Waals surface area contributed by atoms with Gasteiger partial charge in [-0.2, -0.15) is 0 Å². The van der Waals surface area contributed by atoms with Crippen molar-refractivity contribution in [2.45, 2.75) is 31.0 Å². The van der Waals surface area contributed by atoms with Crippen LogP contribution in [0.15, 0.2) is 42.5 Å². The van der Waals surface area contributed by atoms with Crippen molar-refractivity contribution in [1.82, 2.24) is 4.90 Å². The van der Waals surface area contributed by atoms with Crippen molar-refractivity contribution < 1.29 is 29.2 Å². The number of carboxylic acid groups (broad SMARTS) is 1. The first-order chi connectivity index (χ1) is 15.9. The van der Waals surface area contributed by atoms with Crippen molar-refractivity contribution >= 4 is 23.6 Å². The summed E-state index contributed by atoms with van der Waals surface area (Å²) < 4.78 is 17.4. The lowest BCUT2D eigenvalue weighted by Crippen LogP contribution is -2.49. The lowest BCUT2D eigenvalue weighted by Gasteiger charge is -2.39. The van der Waals surface area contributed by atoms with Gasteiger partial charge in [-0.3, -0.25) is 0 Å². The average molecular weight is 474 g/mol. The van der Waals surface area contributed by atoms with E-state index in [0.29, 0.717) is 23.6 Å². The van der Waals surface area contributed by atoms with Gasteiger partial charge in [0.1, 0.15) is 24.1 Å². The number of fused-ring (bicyclic) bond motifs is 1. The Morgan fingerprint density at radius 3 is 2.76 bits per heavy atom. The lowest BCUT2D eigenvalue weighted by molar-refractivity contribution is -0.131. The van der Waals surface area contributed by atoms with E-state index in [-0.39, 0.29) is 12.2 Å². The van der Waals surface area contributed by atoms with Gasteiger partial charge in [0, 0.05) is 50.0 Å². The third-order valence-corrected chi connectivity index (χ3v) is 6.37. The van der Waals surface area contributed by atoms with Crippen molar-refractivity contribution in [1.29, 1.82) is 0 Å². The number of nitrogens with zero attached hydrogens (tertiary/aromatic N) is 1. The molecule has 1 spiro atoms. The Bertz CT molecular complexity index is 1030. The molecular weight excluding hydrogens is 446 g/mol. The topological polar surface area (TPSA) is 88.5 Å². The summed E-state index contributed by atoms with van der Waals surface area (Å²) in [5.74, 6) is 0.888. The van der Waals surface area contributed by atoms with E-state index in [9.17, 15) is 9.90 Å². The molecule has 0 aliphatic carbocycles. The highest BCUT2D eigenvalue weighted by Gasteiger charge is 2.42. The van der Waals surface area contributed by atoms with Crippen LogP contribution in [0, 0.1) is 0 Å². The highest BCUT2D eigenvalue weighted by molar-refractivity contribution is 6.30. The third-order valence-electron chi connectivity index (χ3n) is 6.14. The summed E-state index contributed by atoms with van der Waals surface area (Å²) in [6.07, 6.45) is 4.55. The molecule has 0 aromatic heterocycles. The molecule has 0 unspecified atom stereocenters. The van der Waals surface area contributed by atoms with Crippen molar-refractivity contribution in [3.63, 3.8) is 0 Å². The van der Waals surface area contributed by atoms with Gasteiger partial charge in [-0.25, -0.2) is 4.79 Å². The molecule has 0 bridgehead atoms. The average Bonchev–Trinajstić information content (AvgIpc) is 3.15. The minimum absolute atomic E-state index is 0.128. The first kappa shape index (κ1) is 23.4. The fourth-order valence-electron chi connectivity index (χ4n) is 4.44. The smallest absolute Gasteiger partial charge is 0.328 e. The largest absolute Gasteiger partial charge is 0.493 e.